The topological polar surface area (TPSA) is 78.8 Å². The zero-order valence-corrected chi connectivity index (χ0v) is 8.27. The van der Waals surface area contributed by atoms with Crippen LogP contribution in [0.4, 0.5) is 4.79 Å². The van der Waals surface area contributed by atoms with Crippen molar-refractivity contribution in [3.8, 4) is 0 Å². The lowest BCUT2D eigenvalue weighted by Crippen LogP contribution is -2.47. The second kappa shape index (κ2) is 3.45. The number of urea groups is 1. The van der Waals surface area contributed by atoms with E-state index in [1.807, 2.05) is 0 Å². The number of aliphatic imine (C=N–C) groups is 1. The third kappa shape index (κ3) is 1.88. The molecule has 6 heteroatoms. The summed E-state index contributed by atoms with van der Waals surface area (Å²) in [5, 5.41) is 2.70. The number of rotatable bonds is 2. The summed E-state index contributed by atoms with van der Waals surface area (Å²) in [4.78, 5) is 38.4. The van der Waals surface area contributed by atoms with Crippen molar-refractivity contribution in [2.45, 2.75) is 18.9 Å². The first-order chi connectivity index (χ1) is 7.09. The smallest absolute Gasteiger partial charge is 0.349 e. The van der Waals surface area contributed by atoms with Crippen LogP contribution in [0.3, 0.4) is 0 Å². The van der Waals surface area contributed by atoms with Gasteiger partial charge in [0.15, 0.2) is 5.92 Å². The Kier molecular flexibility index (Phi) is 2.26. The van der Waals surface area contributed by atoms with E-state index < -0.39 is 17.9 Å². The number of hydrogen-bond donors (Lipinski definition) is 1. The first-order valence-corrected chi connectivity index (χ1v) is 4.75. The molecule has 1 atom stereocenters. The molecular weight excluding hydrogens is 198 g/mol. The van der Waals surface area contributed by atoms with Crippen molar-refractivity contribution < 1.29 is 14.4 Å². The van der Waals surface area contributed by atoms with Gasteiger partial charge in [-0.15, -0.1) is 0 Å². The Bertz CT molecular complexity index is 360. The Morgan fingerprint density at radius 1 is 1.53 bits per heavy atom. The van der Waals surface area contributed by atoms with E-state index >= 15 is 0 Å². The third-order valence-corrected chi connectivity index (χ3v) is 2.42. The van der Waals surface area contributed by atoms with Gasteiger partial charge in [-0.25, -0.2) is 9.79 Å². The van der Waals surface area contributed by atoms with Gasteiger partial charge >= 0.3 is 6.03 Å². The molecular formula is C9H11N3O3. The predicted molar refractivity (Wildman–Crippen MR) is 51.3 cm³/mol. The van der Waals surface area contributed by atoms with Crippen LogP contribution in [0.5, 0.6) is 0 Å². The molecule has 1 fully saturated rings. The Labute approximate surface area is 86.3 Å². The molecule has 0 spiro atoms. The maximum atomic E-state index is 11.6. The minimum absolute atomic E-state index is 0.196. The molecule has 1 heterocycles. The Hall–Kier alpha value is -1.72. The highest BCUT2D eigenvalue weighted by Gasteiger charge is 2.36. The number of amides is 4. The first kappa shape index (κ1) is 9.82. The molecule has 0 aromatic carbocycles. The van der Waals surface area contributed by atoms with Gasteiger partial charge in [0.1, 0.15) is 0 Å². The van der Waals surface area contributed by atoms with Gasteiger partial charge in [-0.05, 0) is 12.8 Å². The Morgan fingerprint density at radius 2 is 2.20 bits per heavy atom. The van der Waals surface area contributed by atoms with E-state index in [-0.39, 0.29) is 11.9 Å². The summed E-state index contributed by atoms with van der Waals surface area (Å²) in [6.07, 6.45) is 3.03. The predicted octanol–water partition coefficient (Wildman–Crippen LogP) is -0.456. The van der Waals surface area contributed by atoms with E-state index in [1.165, 1.54) is 7.05 Å². The zero-order valence-electron chi connectivity index (χ0n) is 8.27. The van der Waals surface area contributed by atoms with Crippen molar-refractivity contribution in [3.63, 3.8) is 0 Å². The van der Waals surface area contributed by atoms with E-state index in [2.05, 4.69) is 10.3 Å². The van der Waals surface area contributed by atoms with Crippen LogP contribution in [-0.4, -0.2) is 42.0 Å². The molecule has 1 saturated carbocycles. The summed E-state index contributed by atoms with van der Waals surface area (Å²) < 4.78 is 0. The maximum absolute atomic E-state index is 11.6. The summed E-state index contributed by atoms with van der Waals surface area (Å²) in [5.74, 6) is -1.84. The van der Waals surface area contributed by atoms with E-state index in [1.54, 1.807) is 0 Å². The molecule has 2 aliphatic rings. The van der Waals surface area contributed by atoms with Crippen molar-refractivity contribution in [1.82, 2.24) is 10.2 Å². The summed E-state index contributed by atoms with van der Waals surface area (Å²) >= 11 is 0. The van der Waals surface area contributed by atoms with Crippen LogP contribution < -0.4 is 5.32 Å². The van der Waals surface area contributed by atoms with Crippen molar-refractivity contribution >= 4 is 24.1 Å². The number of nitrogens with one attached hydrogen (secondary N) is 1. The standard InChI is InChI=1S/C9H11N3O3/c1-12-8(14)6(4-10-9(12)15)7(13)11-5-2-3-5/h4-6H,2-3H2,1H3,(H,11,13). The molecule has 0 saturated heterocycles. The van der Waals surface area contributed by atoms with Gasteiger partial charge in [0.2, 0.25) is 11.8 Å². The Morgan fingerprint density at radius 3 is 2.80 bits per heavy atom. The van der Waals surface area contributed by atoms with Gasteiger partial charge in [-0.2, -0.15) is 0 Å². The van der Waals surface area contributed by atoms with Crippen LogP contribution in [-0.2, 0) is 9.59 Å². The van der Waals surface area contributed by atoms with Crippen molar-refractivity contribution in [3.05, 3.63) is 0 Å². The highest BCUT2D eigenvalue weighted by atomic mass is 16.2. The molecule has 0 aromatic rings. The number of hydrogen-bond acceptors (Lipinski definition) is 3. The van der Waals surface area contributed by atoms with Gasteiger partial charge in [-0.1, -0.05) is 0 Å². The van der Waals surface area contributed by atoms with Gasteiger partial charge in [0.25, 0.3) is 0 Å². The highest BCUT2D eigenvalue weighted by molar-refractivity contribution is 6.20. The van der Waals surface area contributed by atoms with E-state index in [9.17, 15) is 14.4 Å². The fourth-order valence-corrected chi connectivity index (χ4v) is 1.29. The first-order valence-electron chi connectivity index (χ1n) is 4.75. The molecule has 1 aliphatic carbocycles. The molecule has 6 nitrogen and oxygen atoms in total. The minimum atomic E-state index is -0.951. The normalized spacial score (nSPS) is 25.7. The molecule has 15 heavy (non-hydrogen) atoms. The van der Waals surface area contributed by atoms with Crippen LogP contribution in [0, 0.1) is 5.92 Å². The molecule has 4 amide bonds. The van der Waals surface area contributed by atoms with Gasteiger partial charge in [0.05, 0.1) is 0 Å². The fourth-order valence-electron chi connectivity index (χ4n) is 1.29. The summed E-state index contributed by atoms with van der Waals surface area (Å²) in [7, 11) is 1.32. The summed E-state index contributed by atoms with van der Waals surface area (Å²) in [5.41, 5.74) is 0. The van der Waals surface area contributed by atoms with Crippen LogP contribution in [0.1, 0.15) is 12.8 Å². The highest BCUT2D eigenvalue weighted by Crippen LogP contribution is 2.19. The van der Waals surface area contributed by atoms with E-state index in [0.29, 0.717) is 0 Å². The molecule has 0 bridgehead atoms. The minimum Gasteiger partial charge on any atom is -0.352 e. The van der Waals surface area contributed by atoms with Crippen LogP contribution in [0.15, 0.2) is 4.99 Å². The van der Waals surface area contributed by atoms with Crippen LogP contribution >= 0.6 is 0 Å². The molecule has 80 valence electrons. The van der Waals surface area contributed by atoms with Crippen molar-refractivity contribution in [1.29, 1.82) is 0 Å². The molecule has 1 N–H and O–H groups in total. The molecule has 0 radical (unpaired) electrons. The second-order valence-corrected chi connectivity index (χ2v) is 3.72. The maximum Gasteiger partial charge on any atom is 0.349 e. The van der Waals surface area contributed by atoms with Gasteiger partial charge in [-0.3, -0.25) is 14.5 Å². The molecule has 2 rings (SSSR count). The SMILES string of the molecule is CN1C(=O)N=CC(C(=O)NC2CC2)C1=O. The largest absolute Gasteiger partial charge is 0.352 e. The van der Waals surface area contributed by atoms with Crippen molar-refractivity contribution in [2.75, 3.05) is 7.05 Å². The number of imide groups is 1. The lowest BCUT2D eigenvalue weighted by molar-refractivity contribution is -0.136. The van der Waals surface area contributed by atoms with Crippen LogP contribution in [0.2, 0.25) is 0 Å². The molecule has 1 unspecified atom stereocenters. The van der Waals surface area contributed by atoms with Crippen LogP contribution in [0.25, 0.3) is 0 Å². The molecule has 1 aliphatic heterocycles. The van der Waals surface area contributed by atoms with Gasteiger partial charge in [0, 0.05) is 19.3 Å². The average Bonchev–Trinajstić information content (AvgIpc) is 2.98. The molecule has 0 aromatic heterocycles. The number of nitrogens with zero attached hydrogens (tertiary/aromatic N) is 2. The Balaban J connectivity index is 2.07. The summed E-state index contributed by atoms with van der Waals surface area (Å²) in [6, 6.07) is -0.433. The van der Waals surface area contributed by atoms with Crippen molar-refractivity contribution in [2.24, 2.45) is 10.9 Å². The number of carbonyl (C=O) groups is 3. The lowest BCUT2D eigenvalue weighted by Gasteiger charge is -2.21. The average molecular weight is 209 g/mol. The van der Waals surface area contributed by atoms with Gasteiger partial charge < -0.3 is 5.32 Å². The fraction of sp³-hybridized carbons (Fsp3) is 0.556. The lowest BCUT2D eigenvalue weighted by atomic mass is 10.1. The summed E-state index contributed by atoms with van der Waals surface area (Å²) in [6.45, 7) is 0. The van der Waals surface area contributed by atoms with E-state index in [0.717, 1.165) is 24.0 Å². The third-order valence-electron chi connectivity index (χ3n) is 2.42. The monoisotopic (exact) mass is 209 g/mol. The van der Waals surface area contributed by atoms with E-state index in [4.69, 9.17) is 0 Å². The number of carbonyl (C=O) groups excluding carboxylic acids is 3. The zero-order chi connectivity index (χ0) is 11.0. The second-order valence-electron chi connectivity index (χ2n) is 3.72. The quantitative estimate of drug-likeness (QED) is 0.625.